The predicted octanol–water partition coefficient (Wildman–Crippen LogP) is 3.73. The highest BCUT2D eigenvalue weighted by molar-refractivity contribution is 9.10. The van der Waals surface area contributed by atoms with Crippen molar-refractivity contribution in [1.29, 1.82) is 0 Å². The highest BCUT2D eigenvalue weighted by Crippen LogP contribution is 2.25. The average Bonchev–Trinajstić information content (AvgIpc) is 2.37. The smallest absolute Gasteiger partial charge is 0.257 e. The highest BCUT2D eigenvalue weighted by Gasteiger charge is 2.12. The molecule has 0 heterocycles. The Hall–Kier alpha value is -1.88. The van der Waals surface area contributed by atoms with Crippen LogP contribution in [0, 0.1) is 12.7 Å². The van der Waals surface area contributed by atoms with Crippen LogP contribution in [0.15, 0.2) is 40.9 Å². The van der Waals surface area contributed by atoms with E-state index < -0.39 is 5.82 Å². The van der Waals surface area contributed by atoms with E-state index >= 15 is 0 Å². The number of amides is 1. The van der Waals surface area contributed by atoms with Gasteiger partial charge in [0.05, 0.1) is 11.3 Å². The molecular formula is C14H12BrFN2O. The number of nitrogen functional groups attached to an aromatic ring is 1. The van der Waals surface area contributed by atoms with Crippen LogP contribution in [0.1, 0.15) is 15.9 Å². The summed E-state index contributed by atoms with van der Waals surface area (Å²) in [7, 11) is 0. The fourth-order valence-electron chi connectivity index (χ4n) is 1.66. The first-order valence-electron chi connectivity index (χ1n) is 5.60. The van der Waals surface area contributed by atoms with Crippen molar-refractivity contribution in [2.45, 2.75) is 6.92 Å². The zero-order valence-corrected chi connectivity index (χ0v) is 11.8. The number of aryl methyl sites for hydroxylation is 1. The van der Waals surface area contributed by atoms with Crippen LogP contribution in [-0.4, -0.2) is 5.91 Å². The molecule has 0 spiro atoms. The monoisotopic (exact) mass is 322 g/mol. The van der Waals surface area contributed by atoms with E-state index in [-0.39, 0.29) is 5.91 Å². The van der Waals surface area contributed by atoms with Gasteiger partial charge in [0, 0.05) is 10.2 Å². The number of nitrogens with two attached hydrogens (primary N) is 1. The summed E-state index contributed by atoms with van der Waals surface area (Å²) in [5.74, 6) is -0.789. The molecule has 2 rings (SSSR count). The van der Waals surface area contributed by atoms with E-state index in [2.05, 4.69) is 21.2 Å². The molecule has 5 heteroatoms. The van der Waals surface area contributed by atoms with Crippen LogP contribution < -0.4 is 11.1 Å². The number of carbonyl (C=O) groups is 1. The lowest BCUT2D eigenvalue weighted by Crippen LogP contribution is -2.15. The molecule has 3 nitrogen and oxygen atoms in total. The summed E-state index contributed by atoms with van der Waals surface area (Å²) in [6.45, 7) is 1.82. The Bertz CT molecular complexity index is 643. The minimum Gasteiger partial charge on any atom is -0.398 e. The number of nitrogens with one attached hydrogen (secondary N) is 1. The van der Waals surface area contributed by atoms with Gasteiger partial charge in [-0.2, -0.15) is 0 Å². The Morgan fingerprint density at radius 1 is 1.32 bits per heavy atom. The molecule has 2 aromatic rings. The maximum Gasteiger partial charge on any atom is 0.257 e. The third-order valence-corrected chi connectivity index (χ3v) is 3.44. The van der Waals surface area contributed by atoms with Crippen molar-refractivity contribution in [1.82, 2.24) is 0 Å². The van der Waals surface area contributed by atoms with Crippen LogP contribution in [0.5, 0.6) is 0 Å². The SMILES string of the molecule is Cc1cccc(C(=O)Nc2cc(F)ccc2Br)c1N. The molecule has 0 fully saturated rings. The third-order valence-electron chi connectivity index (χ3n) is 2.75. The highest BCUT2D eigenvalue weighted by atomic mass is 79.9. The van der Waals surface area contributed by atoms with E-state index in [0.29, 0.717) is 21.4 Å². The van der Waals surface area contributed by atoms with E-state index in [0.717, 1.165) is 5.56 Å². The van der Waals surface area contributed by atoms with Gasteiger partial charge in [0.1, 0.15) is 5.82 Å². The Morgan fingerprint density at radius 3 is 2.79 bits per heavy atom. The lowest BCUT2D eigenvalue weighted by Gasteiger charge is -2.10. The van der Waals surface area contributed by atoms with Gasteiger partial charge in [0.2, 0.25) is 0 Å². The number of halogens is 2. The summed E-state index contributed by atoms with van der Waals surface area (Å²) in [5, 5.41) is 2.63. The van der Waals surface area contributed by atoms with Crippen molar-refractivity contribution in [3.05, 3.63) is 57.8 Å². The number of para-hydroxylation sites is 1. The fourth-order valence-corrected chi connectivity index (χ4v) is 2.01. The average molecular weight is 323 g/mol. The molecule has 0 radical (unpaired) electrons. The van der Waals surface area contributed by atoms with Crippen LogP contribution in [0.2, 0.25) is 0 Å². The van der Waals surface area contributed by atoms with Crippen molar-refractivity contribution in [3.8, 4) is 0 Å². The van der Waals surface area contributed by atoms with Gasteiger partial charge in [-0.3, -0.25) is 4.79 Å². The molecular weight excluding hydrogens is 311 g/mol. The standard InChI is InChI=1S/C14H12BrFN2O/c1-8-3-2-4-10(13(8)17)14(19)18-12-7-9(16)5-6-11(12)15/h2-7H,17H2,1H3,(H,18,19). The topological polar surface area (TPSA) is 55.1 Å². The van der Waals surface area contributed by atoms with Crippen molar-refractivity contribution < 1.29 is 9.18 Å². The Labute approximate surface area is 118 Å². The fraction of sp³-hybridized carbons (Fsp3) is 0.0714. The maximum atomic E-state index is 13.1. The molecule has 3 N–H and O–H groups in total. The molecule has 1 amide bonds. The summed E-state index contributed by atoms with van der Waals surface area (Å²) in [6.07, 6.45) is 0. The molecule has 19 heavy (non-hydrogen) atoms. The molecule has 0 aliphatic heterocycles. The van der Waals surface area contributed by atoms with Gasteiger partial charge in [-0.05, 0) is 52.7 Å². The van der Waals surface area contributed by atoms with Crippen LogP contribution in [0.25, 0.3) is 0 Å². The van der Waals surface area contributed by atoms with Gasteiger partial charge >= 0.3 is 0 Å². The molecule has 2 aromatic carbocycles. The molecule has 0 saturated carbocycles. The maximum absolute atomic E-state index is 13.1. The first-order chi connectivity index (χ1) is 8.99. The second kappa shape index (κ2) is 5.40. The number of carbonyl (C=O) groups excluding carboxylic acids is 1. The van der Waals surface area contributed by atoms with E-state index in [1.807, 2.05) is 13.0 Å². The summed E-state index contributed by atoms with van der Waals surface area (Å²) in [6, 6.07) is 9.29. The molecule has 0 saturated heterocycles. The van der Waals surface area contributed by atoms with E-state index in [9.17, 15) is 9.18 Å². The lowest BCUT2D eigenvalue weighted by molar-refractivity contribution is 0.102. The van der Waals surface area contributed by atoms with Gasteiger partial charge in [-0.25, -0.2) is 4.39 Å². The molecule has 0 unspecified atom stereocenters. The summed E-state index contributed by atoms with van der Waals surface area (Å²) in [4.78, 5) is 12.1. The normalized spacial score (nSPS) is 10.3. The number of rotatable bonds is 2. The Balaban J connectivity index is 2.31. The molecule has 98 valence electrons. The number of hydrogen-bond acceptors (Lipinski definition) is 2. The number of hydrogen-bond donors (Lipinski definition) is 2. The third kappa shape index (κ3) is 2.93. The second-order valence-corrected chi connectivity index (χ2v) is 4.97. The van der Waals surface area contributed by atoms with Crippen molar-refractivity contribution in [3.63, 3.8) is 0 Å². The van der Waals surface area contributed by atoms with Gasteiger partial charge < -0.3 is 11.1 Å². The molecule has 0 bridgehead atoms. The summed E-state index contributed by atoms with van der Waals surface area (Å²) in [5.41, 5.74) is 7.85. The lowest BCUT2D eigenvalue weighted by atomic mass is 10.1. The van der Waals surface area contributed by atoms with Crippen LogP contribution in [-0.2, 0) is 0 Å². The van der Waals surface area contributed by atoms with Crippen molar-refractivity contribution in [2.24, 2.45) is 0 Å². The summed E-state index contributed by atoms with van der Waals surface area (Å²) < 4.78 is 13.8. The van der Waals surface area contributed by atoms with E-state index in [1.165, 1.54) is 18.2 Å². The molecule has 0 aliphatic carbocycles. The minimum absolute atomic E-state index is 0.367. The molecule has 0 aromatic heterocycles. The van der Waals surface area contributed by atoms with Gasteiger partial charge in [0.15, 0.2) is 0 Å². The Morgan fingerprint density at radius 2 is 2.05 bits per heavy atom. The van der Waals surface area contributed by atoms with E-state index in [4.69, 9.17) is 5.73 Å². The van der Waals surface area contributed by atoms with E-state index in [1.54, 1.807) is 12.1 Å². The van der Waals surface area contributed by atoms with Gasteiger partial charge in [0.25, 0.3) is 5.91 Å². The quantitative estimate of drug-likeness (QED) is 0.828. The largest absolute Gasteiger partial charge is 0.398 e. The molecule has 0 aliphatic rings. The van der Waals surface area contributed by atoms with Crippen LogP contribution in [0.4, 0.5) is 15.8 Å². The number of benzene rings is 2. The second-order valence-electron chi connectivity index (χ2n) is 4.11. The van der Waals surface area contributed by atoms with Crippen LogP contribution in [0.3, 0.4) is 0 Å². The van der Waals surface area contributed by atoms with Crippen LogP contribution >= 0.6 is 15.9 Å². The number of anilines is 2. The zero-order valence-electron chi connectivity index (χ0n) is 10.2. The Kier molecular flexibility index (Phi) is 3.85. The summed E-state index contributed by atoms with van der Waals surface area (Å²) >= 11 is 3.25. The first-order valence-corrected chi connectivity index (χ1v) is 6.40. The molecule has 0 atom stereocenters. The van der Waals surface area contributed by atoms with Crippen molar-refractivity contribution >= 4 is 33.2 Å². The zero-order chi connectivity index (χ0) is 14.0. The minimum atomic E-state index is -0.421. The van der Waals surface area contributed by atoms with Crippen molar-refractivity contribution in [2.75, 3.05) is 11.1 Å². The predicted molar refractivity (Wildman–Crippen MR) is 77.6 cm³/mol. The first kappa shape index (κ1) is 13.5. The van der Waals surface area contributed by atoms with Gasteiger partial charge in [-0.15, -0.1) is 0 Å². The van der Waals surface area contributed by atoms with Gasteiger partial charge in [-0.1, -0.05) is 12.1 Å².